The Labute approximate surface area is 72.6 Å². The zero-order valence-electron chi connectivity index (χ0n) is 6.44. The quantitative estimate of drug-likeness (QED) is 0.585. The largest absolute Gasteiger partial charge is 0.207 e. The van der Waals surface area contributed by atoms with E-state index in [2.05, 4.69) is 6.07 Å². The SMILES string of the molecule is Fc1cc(F)c2c(F)cc[c]c2c1. The minimum Gasteiger partial charge on any atom is -0.207 e. The van der Waals surface area contributed by atoms with Crippen molar-refractivity contribution in [3.63, 3.8) is 0 Å². The summed E-state index contributed by atoms with van der Waals surface area (Å²) in [7, 11) is 0. The Kier molecular flexibility index (Phi) is 1.72. The van der Waals surface area contributed by atoms with Crippen LogP contribution in [0.3, 0.4) is 0 Å². The van der Waals surface area contributed by atoms with Crippen LogP contribution in [0.4, 0.5) is 13.2 Å². The molecule has 65 valence electrons. The van der Waals surface area contributed by atoms with Gasteiger partial charge in [-0.05, 0) is 23.6 Å². The van der Waals surface area contributed by atoms with Crippen molar-refractivity contribution in [3.8, 4) is 0 Å². The summed E-state index contributed by atoms with van der Waals surface area (Å²) in [6.07, 6.45) is 0. The van der Waals surface area contributed by atoms with Gasteiger partial charge in [0, 0.05) is 6.07 Å². The van der Waals surface area contributed by atoms with E-state index in [1.165, 1.54) is 6.07 Å². The average Bonchev–Trinajstić information content (AvgIpc) is 2.02. The van der Waals surface area contributed by atoms with Gasteiger partial charge in [-0.25, -0.2) is 13.2 Å². The third-order valence-corrected chi connectivity index (χ3v) is 1.76. The fourth-order valence-electron chi connectivity index (χ4n) is 1.22. The van der Waals surface area contributed by atoms with Gasteiger partial charge in [0.25, 0.3) is 0 Å². The molecule has 0 bridgehead atoms. The van der Waals surface area contributed by atoms with E-state index in [0.717, 1.165) is 12.1 Å². The van der Waals surface area contributed by atoms with Crippen LogP contribution < -0.4 is 0 Å². The van der Waals surface area contributed by atoms with E-state index in [4.69, 9.17) is 0 Å². The van der Waals surface area contributed by atoms with Gasteiger partial charge in [-0.2, -0.15) is 0 Å². The number of halogens is 3. The van der Waals surface area contributed by atoms with E-state index >= 15 is 0 Å². The summed E-state index contributed by atoms with van der Waals surface area (Å²) in [5.74, 6) is -2.33. The first-order chi connectivity index (χ1) is 6.18. The third-order valence-electron chi connectivity index (χ3n) is 1.76. The van der Waals surface area contributed by atoms with Crippen molar-refractivity contribution in [1.29, 1.82) is 0 Å². The summed E-state index contributed by atoms with van der Waals surface area (Å²) in [6, 6.07) is 6.62. The highest BCUT2D eigenvalue weighted by molar-refractivity contribution is 5.83. The Morgan fingerprint density at radius 2 is 1.77 bits per heavy atom. The van der Waals surface area contributed by atoms with Gasteiger partial charge in [0.1, 0.15) is 17.5 Å². The highest BCUT2D eigenvalue weighted by atomic mass is 19.1. The van der Waals surface area contributed by atoms with E-state index < -0.39 is 17.5 Å². The predicted molar refractivity (Wildman–Crippen MR) is 42.7 cm³/mol. The highest BCUT2D eigenvalue weighted by Gasteiger charge is 2.07. The molecule has 0 aliphatic heterocycles. The fourth-order valence-corrected chi connectivity index (χ4v) is 1.22. The molecule has 13 heavy (non-hydrogen) atoms. The van der Waals surface area contributed by atoms with Gasteiger partial charge in [-0.15, -0.1) is 0 Å². The van der Waals surface area contributed by atoms with E-state index in [1.807, 2.05) is 0 Å². The summed E-state index contributed by atoms with van der Waals surface area (Å²) in [4.78, 5) is 0. The fraction of sp³-hybridized carbons (Fsp3) is 0. The van der Waals surface area contributed by atoms with E-state index in [0.29, 0.717) is 6.07 Å². The molecule has 0 N–H and O–H groups in total. The molecule has 2 aromatic rings. The lowest BCUT2D eigenvalue weighted by Crippen LogP contribution is -1.87. The molecule has 0 saturated carbocycles. The minimum absolute atomic E-state index is 0.109. The Morgan fingerprint density at radius 1 is 1.00 bits per heavy atom. The topological polar surface area (TPSA) is 0 Å². The second-order valence-corrected chi connectivity index (χ2v) is 2.64. The minimum atomic E-state index is -0.899. The van der Waals surface area contributed by atoms with Crippen molar-refractivity contribution < 1.29 is 13.2 Å². The summed E-state index contributed by atoms with van der Waals surface area (Å²) in [6.45, 7) is 0. The third kappa shape index (κ3) is 1.26. The number of rotatable bonds is 0. The van der Waals surface area contributed by atoms with Crippen LogP contribution in [0.25, 0.3) is 10.8 Å². The molecule has 0 amide bonds. The van der Waals surface area contributed by atoms with Crippen molar-refractivity contribution in [2.24, 2.45) is 0 Å². The summed E-state index contributed by atoms with van der Waals surface area (Å²) in [5, 5.41) is -0.110. The normalized spacial score (nSPS) is 10.7. The molecule has 2 aromatic carbocycles. The maximum atomic E-state index is 13.0. The van der Waals surface area contributed by atoms with E-state index in [1.54, 1.807) is 0 Å². The smallest absolute Gasteiger partial charge is 0.136 e. The maximum Gasteiger partial charge on any atom is 0.136 e. The molecule has 0 spiro atoms. The summed E-state index contributed by atoms with van der Waals surface area (Å²) >= 11 is 0. The monoisotopic (exact) mass is 181 g/mol. The molecule has 0 aliphatic rings. The molecule has 0 heterocycles. The first-order valence-electron chi connectivity index (χ1n) is 3.63. The molecular weight excluding hydrogens is 177 g/mol. The average molecular weight is 181 g/mol. The summed E-state index contributed by atoms with van der Waals surface area (Å²) in [5.41, 5.74) is 0. The Balaban J connectivity index is 2.94. The number of hydrogen-bond acceptors (Lipinski definition) is 0. The van der Waals surface area contributed by atoms with Crippen molar-refractivity contribution >= 4 is 10.8 Å². The lowest BCUT2D eigenvalue weighted by Gasteiger charge is -1.99. The zero-order valence-corrected chi connectivity index (χ0v) is 6.44. The van der Waals surface area contributed by atoms with E-state index in [-0.39, 0.29) is 10.8 Å². The van der Waals surface area contributed by atoms with Crippen LogP contribution in [-0.4, -0.2) is 0 Å². The van der Waals surface area contributed by atoms with Crippen molar-refractivity contribution in [2.75, 3.05) is 0 Å². The van der Waals surface area contributed by atoms with Gasteiger partial charge in [0.2, 0.25) is 0 Å². The Hall–Kier alpha value is -1.51. The van der Waals surface area contributed by atoms with Gasteiger partial charge in [-0.3, -0.25) is 0 Å². The standard InChI is InChI=1S/C10H4F3/c11-7-4-6-2-1-3-8(12)10(6)9(13)5-7/h1,3-5H. The maximum absolute atomic E-state index is 13.0. The molecular formula is C10H4F3. The number of benzene rings is 2. The van der Waals surface area contributed by atoms with Crippen LogP contribution in [0.2, 0.25) is 0 Å². The molecule has 0 aromatic heterocycles. The number of fused-ring (bicyclic) bond motifs is 1. The summed E-state index contributed by atoms with van der Waals surface area (Å²) < 4.78 is 38.7. The molecule has 0 atom stereocenters. The lowest BCUT2D eigenvalue weighted by atomic mass is 10.1. The molecule has 2 rings (SSSR count). The molecule has 0 fully saturated rings. The lowest BCUT2D eigenvalue weighted by molar-refractivity contribution is 0.581. The van der Waals surface area contributed by atoms with Gasteiger partial charge in [0.05, 0.1) is 5.39 Å². The molecule has 0 saturated heterocycles. The molecule has 0 aliphatic carbocycles. The van der Waals surface area contributed by atoms with Gasteiger partial charge < -0.3 is 0 Å². The first-order valence-corrected chi connectivity index (χ1v) is 3.63. The Morgan fingerprint density at radius 3 is 2.54 bits per heavy atom. The van der Waals surface area contributed by atoms with Crippen molar-refractivity contribution in [1.82, 2.24) is 0 Å². The molecule has 0 nitrogen and oxygen atoms in total. The zero-order chi connectivity index (χ0) is 9.42. The van der Waals surface area contributed by atoms with Gasteiger partial charge in [0.15, 0.2) is 0 Å². The van der Waals surface area contributed by atoms with Crippen LogP contribution in [0.5, 0.6) is 0 Å². The first kappa shape index (κ1) is 8.10. The van der Waals surface area contributed by atoms with Crippen molar-refractivity contribution in [3.05, 3.63) is 47.8 Å². The van der Waals surface area contributed by atoms with Gasteiger partial charge >= 0.3 is 0 Å². The predicted octanol–water partition coefficient (Wildman–Crippen LogP) is 3.06. The van der Waals surface area contributed by atoms with Crippen LogP contribution in [-0.2, 0) is 0 Å². The van der Waals surface area contributed by atoms with Crippen LogP contribution in [0.15, 0.2) is 24.3 Å². The van der Waals surface area contributed by atoms with Gasteiger partial charge in [-0.1, -0.05) is 6.07 Å². The number of hydrogen-bond donors (Lipinski definition) is 0. The van der Waals surface area contributed by atoms with Crippen molar-refractivity contribution in [2.45, 2.75) is 0 Å². The molecule has 3 heteroatoms. The molecule has 0 unspecified atom stereocenters. The Bertz CT molecular complexity index is 463. The second kappa shape index (κ2) is 2.76. The molecule has 1 radical (unpaired) electrons. The second-order valence-electron chi connectivity index (χ2n) is 2.64. The van der Waals surface area contributed by atoms with E-state index in [9.17, 15) is 13.2 Å². The van der Waals surface area contributed by atoms with Crippen LogP contribution in [0.1, 0.15) is 0 Å². The van der Waals surface area contributed by atoms with Crippen LogP contribution >= 0.6 is 0 Å². The van der Waals surface area contributed by atoms with Crippen LogP contribution in [0, 0.1) is 23.5 Å². The highest BCUT2D eigenvalue weighted by Crippen LogP contribution is 2.21.